The summed E-state index contributed by atoms with van der Waals surface area (Å²) in [7, 11) is 0. The number of rotatable bonds is 3. The Morgan fingerprint density at radius 2 is 2.00 bits per heavy atom. The van der Waals surface area contributed by atoms with Crippen LogP contribution >= 0.6 is 11.9 Å². The van der Waals surface area contributed by atoms with Crippen molar-refractivity contribution in [2.45, 2.75) is 18.2 Å². The third kappa shape index (κ3) is 3.55. The van der Waals surface area contributed by atoms with Gasteiger partial charge in [0.1, 0.15) is 11.8 Å². The van der Waals surface area contributed by atoms with Crippen LogP contribution in [-0.4, -0.2) is 47.0 Å². The molecule has 0 atom stereocenters. The second-order valence-corrected chi connectivity index (χ2v) is 7.48. The minimum Gasteiger partial charge on any atom is -0.384 e. The van der Waals surface area contributed by atoms with E-state index in [-0.39, 0.29) is 0 Å². The number of hydrogen-bond donors (Lipinski definition) is 1. The van der Waals surface area contributed by atoms with Crippen molar-refractivity contribution in [1.29, 1.82) is 5.26 Å². The van der Waals surface area contributed by atoms with Crippen molar-refractivity contribution in [3.05, 3.63) is 41.2 Å². The molecule has 2 aliphatic heterocycles. The van der Waals surface area contributed by atoms with Gasteiger partial charge in [0, 0.05) is 49.0 Å². The van der Waals surface area contributed by atoms with Gasteiger partial charge < -0.3 is 10.2 Å². The maximum absolute atomic E-state index is 9.08. The van der Waals surface area contributed by atoms with Gasteiger partial charge in [-0.3, -0.25) is 0 Å². The first kappa shape index (κ1) is 16.2. The van der Waals surface area contributed by atoms with Crippen molar-refractivity contribution in [3.8, 4) is 6.07 Å². The average Bonchev–Trinajstić information content (AvgIpc) is 3.09. The number of benzene rings is 1. The van der Waals surface area contributed by atoms with Crippen LogP contribution in [0.15, 0.2) is 29.2 Å². The molecule has 25 heavy (non-hydrogen) atoms. The molecule has 0 unspecified atom stereocenters. The molecule has 1 saturated heterocycles. The molecule has 1 N–H and O–H groups in total. The van der Waals surface area contributed by atoms with Gasteiger partial charge in [0.25, 0.3) is 0 Å². The lowest BCUT2D eigenvalue weighted by Crippen LogP contribution is -2.44. The fourth-order valence-electron chi connectivity index (χ4n) is 3.22. The van der Waals surface area contributed by atoms with E-state index in [1.54, 1.807) is 6.07 Å². The van der Waals surface area contributed by atoms with Crippen molar-refractivity contribution in [1.82, 2.24) is 14.3 Å². The quantitative estimate of drug-likeness (QED) is 0.851. The van der Waals surface area contributed by atoms with Gasteiger partial charge in [-0.25, -0.2) is 14.3 Å². The Hall–Kier alpha value is -2.30. The van der Waals surface area contributed by atoms with Crippen molar-refractivity contribution in [2.24, 2.45) is 0 Å². The number of hydrogen-bond acceptors (Lipinski definition) is 7. The largest absolute Gasteiger partial charge is 0.384 e. The monoisotopic (exact) mass is 352 g/mol. The molecule has 0 aliphatic carbocycles. The second-order valence-electron chi connectivity index (χ2n) is 6.31. The molecular weight excluding hydrogens is 332 g/mol. The van der Waals surface area contributed by atoms with Gasteiger partial charge in [-0.15, -0.1) is 0 Å². The van der Waals surface area contributed by atoms with Gasteiger partial charge in [-0.05, 0) is 55.1 Å². The van der Waals surface area contributed by atoms with E-state index in [1.165, 1.54) is 16.1 Å². The molecule has 0 bridgehead atoms. The molecule has 2 aromatic rings. The van der Waals surface area contributed by atoms with Gasteiger partial charge in [0.2, 0.25) is 5.95 Å². The molecule has 0 radical (unpaired) electrons. The highest BCUT2D eigenvalue weighted by Gasteiger charge is 2.21. The summed E-state index contributed by atoms with van der Waals surface area (Å²) in [5.74, 6) is 0.671. The Morgan fingerprint density at radius 3 is 2.80 bits per heavy atom. The molecule has 0 saturated carbocycles. The van der Waals surface area contributed by atoms with E-state index >= 15 is 0 Å². The summed E-state index contributed by atoms with van der Waals surface area (Å²) in [4.78, 5) is 12.3. The molecule has 128 valence electrons. The lowest BCUT2D eigenvalue weighted by atomic mass is 10.2. The van der Waals surface area contributed by atoms with Crippen LogP contribution in [0.2, 0.25) is 0 Å². The van der Waals surface area contributed by atoms with Gasteiger partial charge in [0.05, 0.1) is 0 Å². The van der Waals surface area contributed by atoms with E-state index in [2.05, 4.69) is 48.8 Å². The number of nitriles is 1. The first-order chi connectivity index (χ1) is 12.2. The Bertz CT molecular complexity index is 823. The minimum atomic E-state index is 0.436. The molecule has 3 heterocycles. The van der Waals surface area contributed by atoms with Crippen molar-refractivity contribution in [2.75, 3.05) is 42.9 Å². The van der Waals surface area contributed by atoms with Gasteiger partial charge >= 0.3 is 0 Å². The summed E-state index contributed by atoms with van der Waals surface area (Å²) in [6.45, 7) is 6.57. The lowest BCUT2D eigenvalue weighted by molar-refractivity contribution is 0.426. The normalized spacial score (nSPS) is 17.0. The number of nitrogens with zero attached hydrogens (tertiary/aromatic N) is 5. The van der Waals surface area contributed by atoms with Gasteiger partial charge in [0.15, 0.2) is 0 Å². The molecular formula is C18H20N6S. The summed E-state index contributed by atoms with van der Waals surface area (Å²) in [5, 5.41) is 12.5. The minimum absolute atomic E-state index is 0.436. The van der Waals surface area contributed by atoms with E-state index in [0.29, 0.717) is 11.6 Å². The highest BCUT2D eigenvalue weighted by molar-refractivity contribution is 7.97. The Labute approximate surface area is 152 Å². The van der Waals surface area contributed by atoms with Crippen molar-refractivity contribution < 1.29 is 0 Å². The van der Waals surface area contributed by atoms with Crippen LogP contribution in [0.1, 0.15) is 17.0 Å². The van der Waals surface area contributed by atoms with Crippen molar-refractivity contribution in [3.63, 3.8) is 0 Å². The predicted molar refractivity (Wildman–Crippen MR) is 99.8 cm³/mol. The Kier molecular flexibility index (Phi) is 4.47. The molecule has 6 nitrogen and oxygen atoms in total. The second kappa shape index (κ2) is 6.90. The van der Waals surface area contributed by atoms with E-state index in [9.17, 15) is 0 Å². The third-order valence-electron chi connectivity index (χ3n) is 4.50. The predicted octanol–water partition coefficient (Wildman–Crippen LogP) is 2.45. The first-order valence-electron chi connectivity index (χ1n) is 8.52. The number of nitrogens with one attached hydrogen (secondary N) is 1. The highest BCUT2D eigenvalue weighted by Crippen LogP contribution is 2.30. The lowest BCUT2D eigenvalue weighted by Gasteiger charge is -2.34. The highest BCUT2D eigenvalue weighted by atomic mass is 32.2. The SMILES string of the molecule is Cc1cc(C#N)nc(N2CCN(Sc3ccc4c(c3)CCN4)CC2)n1. The van der Waals surface area contributed by atoms with E-state index in [0.717, 1.165) is 44.8 Å². The number of fused-ring (bicyclic) bond motifs is 1. The third-order valence-corrected chi connectivity index (χ3v) is 5.59. The molecule has 7 heteroatoms. The number of anilines is 2. The van der Waals surface area contributed by atoms with Crippen molar-refractivity contribution >= 4 is 23.6 Å². The zero-order valence-electron chi connectivity index (χ0n) is 14.2. The zero-order chi connectivity index (χ0) is 17.2. The van der Waals surface area contributed by atoms with Crippen LogP contribution in [0.25, 0.3) is 0 Å². The Balaban J connectivity index is 1.38. The number of aromatic nitrogens is 2. The van der Waals surface area contributed by atoms with Crippen LogP contribution in [0.5, 0.6) is 0 Å². The molecule has 2 aliphatic rings. The van der Waals surface area contributed by atoms with Crippen LogP contribution in [-0.2, 0) is 6.42 Å². The first-order valence-corrected chi connectivity index (χ1v) is 9.29. The Morgan fingerprint density at radius 1 is 1.16 bits per heavy atom. The fraction of sp³-hybridized carbons (Fsp3) is 0.389. The molecule has 1 aromatic carbocycles. The zero-order valence-corrected chi connectivity index (χ0v) is 15.0. The summed E-state index contributed by atoms with van der Waals surface area (Å²) >= 11 is 1.82. The van der Waals surface area contributed by atoms with Crippen LogP contribution < -0.4 is 10.2 Å². The van der Waals surface area contributed by atoms with Gasteiger partial charge in [-0.1, -0.05) is 0 Å². The smallest absolute Gasteiger partial charge is 0.226 e. The fourth-order valence-corrected chi connectivity index (χ4v) is 4.19. The van der Waals surface area contributed by atoms with Gasteiger partial charge in [-0.2, -0.15) is 5.26 Å². The summed E-state index contributed by atoms with van der Waals surface area (Å²) < 4.78 is 2.39. The van der Waals surface area contributed by atoms with Crippen LogP contribution in [0.3, 0.4) is 0 Å². The summed E-state index contributed by atoms with van der Waals surface area (Å²) in [5.41, 5.74) is 3.97. The van der Waals surface area contributed by atoms with E-state index < -0.39 is 0 Å². The topological polar surface area (TPSA) is 68.1 Å². The maximum Gasteiger partial charge on any atom is 0.226 e. The molecule has 0 spiro atoms. The number of aryl methyl sites for hydroxylation is 1. The van der Waals surface area contributed by atoms with Crippen LogP contribution in [0, 0.1) is 18.3 Å². The molecule has 0 amide bonds. The average molecular weight is 352 g/mol. The maximum atomic E-state index is 9.08. The summed E-state index contributed by atoms with van der Waals surface area (Å²) in [6.07, 6.45) is 1.11. The van der Waals surface area contributed by atoms with E-state index in [4.69, 9.17) is 5.26 Å². The number of piperazine rings is 1. The molecule has 1 aromatic heterocycles. The van der Waals surface area contributed by atoms with Crippen LogP contribution in [0.4, 0.5) is 11.6 Å². The molecule has 4 rings (SSSR count). The van der Waals surface area contributed by atoms with E-state index in [1.807, 2.05) is 18.9 Å². The standard InChI is InChI=1S/C18H20N6S/c1-13-10-15(12-19)22-18(21-13)23-6-8-24(9-7-23)25-16-2-3-17-14(11-16)4-5-20-17/h2-3,10-11,20H,4-9H2,1H3. The summed E-state index contributed by atoms with van der Waals surface area (Å²) in [6, 6.07) is 10.5. The molecule has 1 fully saturated rings.